The lowest BCUT2D eigenvalue weighted by molar-refractivity contribution is -0.108. The van der Waals surface area contributed by atoms with Gasteiger partial charge in [-0.3, -0.25) is 0 Å². The van der Waals surface area contributed by atoms with Gasteiger partial charge in [-0.05, 0) is 43.0 Å². The van der Waals surface area contributed by atoms with Crippen LogP contribution in [0.15, 0.2) is 29.4 Å². The van der Waals surface area contributed by atoms with Gasteiger partial charge < -0.3 is 9.53 Å². The highest BCUT2D eigenvalue weighted by Crippen LogP contribution is 2.15. The summed E-state index contributed by atoms with van der Waals surface area (Å²) in [6, 6.07) is 7.57. The molecule has 0 aliphatic rings. The Morgan fingerprint density at radius 3 is 2.50 bits per heavy atom. The number of hydrogen-bond donors (Lipinski definition) is 0. The fraction of sp³-hybridized carbons (Fsp3) is 0.533. The first-order chi connectivity index (χ1) is 9.49. The normalized spacial score (nSPS) is 9.50. The summed E-state index contributed by atoms with van der Waals surface area (Å²) in [7, 11) is 0. The van der Waals surface area contributed by atoms with E-state index >= 15 is 0 Å². The predicted octanol–water partition coefficient (Wildman–Crippen LogP) is 4.52. The van der Waals surface area contributed by atoms with Crippen LogP contribution in [-0.2, 0) is 11.3 Å². The summed E-state index contributed by atoms with van der Waals surface area (Å²) in [5.74, 6) is 1.34. The molecule has 0 spiro atoms. The predicted molar refractivity (Wildman–Crippen MR) is 80.6 cm³/mol. The first-order valence-corrected chi connectivity index (χ1v) is 6.69. The van der Waals surface area contributed by atoms with Gasteiger partial charge in [-0.25, -0.2) is 0 Å². The van der Waals surface area contributed by atoms with Crippen LogP contribution in [-0.4, -0.2) is 12.4 Å². The first-order valence-electron chi connectivity index (χ1n) is 6.69. The third-order valence-corrected chi connectivity index (χ3v) is 2.15. The molecule has 1 aromatic rings. The molecule has 0 saturated heterocycles. The fourth-order valence-corrected chi connectivity index (χ4v) is 1.30. The van der Waals surface area contributed by atoms with E-state index in [0.29, 0.717) is 18.9 Å². The quantitative estimate of drug-likeness (QED) is 0.332. The number of benzene rings is 1. The van der Waals surface area contributed by atoms with Crippen molar-refractivity contribution in [1.29, 1.82) is 0 Å². The van der Waals surface area contributed by atoms with Gasteiger partial charge in [-0.1, -0.05) is 31.1 Å². The minimum absolute atomic E-state index is 0.157. The summed E-state index contributed by atoms with van der Waals surface area (Å²) in [6.45, 7) is 8.36. The molecule has 0 aliphatic carbocycles. The van der Waals surface area contributed by atoms with Crippen LogP contribution in [0.5, 0.6) is 5.75 Å². The van der Waals surface area contributed by atoms with Crippen molar-refractivity contribution in [2.45, 2.75) is 46.8 Å². The maximum atomic E-state index is 9.62. The van der Waals surface area contributed by atoms with E-state index in [2.05, 4.69) is 10.0 Å². The van der Waals surface area contributed by atoms with Crippen molar-refractivity contribution in [3.8, 4) is 5.75 Å². The molecule has 0 unspecified atom stereocenters. The Morgan fingerprint density at radius 2 is 2.05 bits per heavy atom. The molecule has 5 nitrogen and oxygen atoms in total. The number of hydrogen-bond acceptors (Lipinski definition) is 3. The Balaban J connectivity index is 0.000000511. The van der Waals surface area contributed by atoms with Crippen molar-refractivity contribution in [3.05, 3.63) is 40.3 Å². The average Bonchev–Trinajstić information content (AvgIpc) is 2.36. The molecule has 20 heavy (non-hydrogen) atoms. The molecular weight excluding hydrogens is 254 g/mol. The number of azide groups is 1. The minimum Gasteiger partial charge on any atom is -0.491 e. The molecular formula is C15H23N3O2. The number of nitrogens with zero attached hydrogens (tertiary/aromatic N) is 3. The molecule has 0 atom stereocenters. The Hall–Kier alpha value is -2.00. The molecule has 0 N–H and O–H groups in total. The van der Waals surface area contributed by atoms with E-state index in [0.717, 1.165) is 17.6 Å². The molecule has 110 valence electrons. The lowest BCUT2D eigenvalue weighted by Crippen LogP contribution is -2.05. The molecule has 0 aromatic heterocycles. The van der Waals surface area contributed by atoms with Gasteiger partial charge in [0.25, 0.3) is 0 Å². The molecule has 1 aromatic carbocycles. The van der Waals surface area contributed by atoms with Crippen LogP contribution >= 0.6 is 0 Å². The number of rotatable bonds is 6. The van der Waals surface area contributed by atoms with Crippen molar-refractivity contribution >= 4 is 6.29 Å². The molecule has 0 amide bonds. The van der Waals surface area contributed by atoms with Crippen LogP contribution in [0.4, 0.5) is 0 Å². The van der Waals surface area contributed by atoms with Gasteiger partial charge in [0.1, 0.15) is 12.0 Å². The second kappa shape index (κ2) is 10.9. The summed E-state index contributed by atoms with van der Waals surface area (Å²) in [5, 5.41) is 3.49. The van der Waals surface area contributed by atoms with Gasteiger partial charge in [-0.15, -0.1) is 0 Å². The van der Waals surface area contributed by atoms with E-state index in [9.17, 15) is 4.79 Å². The lowest BCUT2D eigenvalue weighted by atomic mass is 10.2. The van der Waals surface area contributed by atoms with E-state index in [1.54, 1.807) is 0 Å². The van der Waals surface area contributed by atoms with Gasteiger partial charge in [0.05, 0.1) is 12.6 Å². The molecule has 0 heterocycles. The fourth-order valence-electron chi connectivity index (χ4n) is 1.30. The zero-order chi connectivity index (χ0) is 15.4. The van der Waals surface area contributed by atoms with E-state index in [1.807, 2.05) is 52.0 Å². The zero-order valence-corrected chi connectivity index (χ0v) is 12.6. The van der Waals surface area contributed by atoms with Gasteiger partial charge in [0.2, 0.25) is 0 Å². The molecule has 0 radical (unpaired) electrons. The smallest absolute Gasteiger partial charge is 0.120 e. The monoisotopic (exact) mass is 277 g/mol. The zero-order valence-electron chi connectivity index (χ0n) is 12.6. The van der Waals surface area contributed by atoms with Gasteiger partial charge >= 0.3 is 0 Å². The number of ether oxygens (including phenoxy) is 1. The van der Waals surface area contributed by atoms with E-state index < -0.39 is 0 Å². The van der Waals surface area contributed by atoms with Gasteiger partial charge in [0, 0.05) is 11.3 Å². The van der Waals surface area contributed by atoms with Gasteiger partial charge in [0.15, 0.2) is 0 Å². The SMILES string of the molecule is CC(C)CC=O.CC(C)Oc1cccc(CN=[N+]=[N-])c1. The van der Waals surface area contributed by atoms with Crippen LogP contribution < -0.4 is 4.74 Å². The number of carbonyl (C=O) groups is 1. The maximum Gasteiger partial charge on any atom is 0.120 e. The standard InChI is InChI=1S/C10H13N3O.C5H10O/c1-8(2)14-10-5-3-4-9(6-10)7-12-13-11;1-5(2)3-4-6/h3-6,8H,7H2,1-2H3;4-5H,3H2,1-2H3. The summed E-state index contributed by atoms with van der Waals surface area (Å²) in [5.41, 5.74) is 9.13. The molecule has 1 rings (SSSR count). The molecule has 0 aliphatic heterocycles. The minimum atomic E-state index is 0.157. The number of aldehydes is 1. The van der Waals surface area contributed by atoms with Crippen molar-refractivity contribution in [1.82, 2.24) is 0 Å². The van der Waals surface area contributed by atoms with Crippen LogP contribution in [0, 0.1) is 5.92 Å². The summed E-state index contributed by atoms with van der Waals surface area (Å²) >= 11 is 0. The van der Waals surface area contributed by atoms with Crippen molar-refractivity contribution in [2.24, 2.45) is 11.0 Å². The van der Waals surface area contributed by atoms with E-state index in [4.69, 9.17) is 10.3 Å². The summed E-state index contributed by atoms with van der Waals surface area (Å²) < 4.78 is 5.50. The van der Waals surface area contributed by atoms with Crippen molar-refractivity contribution in [2.75, 3.05) is 0 Å². The highest BCUT2D eigenvalue weighted by Gasteiger charge is 1.98. The topological polar surface area (TPSA) is 75.1 Å². The highest BCUT2D eigenvalue weighted by molar-refractivity contribution is 5.49. The lowest BCUT2D eigenvalue weighted by Gasteiger charge is -2.09. The third kappa shape index (κ3) is 9.97. The van der Waals surface area contributed by atoms with Crippen LogP contribution in [0.2, 0.25) is 0 Å². The van der Waals surface area contributed by atoms with Gasteiger partial charge in [-0.2, -0.15) is 0 Å². The van der Waals surface area contributed by atoms with Crippen molar-refractivity contribution in [3.63, 3.8) is 0 Å². The largest absolute Gasteiger partial charge is 0.491 e. The molecule has 0 fully saturated rings. The van der Waals surface area contributed by atoms with Crippen molar-refractivity contribution < 1.29 is 9.53 Å². The number of carbonyl (C=O) groups excluding carboxylic acids is 1. The van der Waals surface area contributed by atoms with E-state index in [1.165, 1.54) is 0 Å². The Labute approximate surface area is 120 Å². The summed E-state index contributed by atoms with van der Waals surface area (Å²) in [4.78, 5) is 12.3. The Morgan fingerprint density at radius 1 is 1.35 bits per heavy atom. The van der Waals surface area contributed by atoms with Crippen LogP contribution in [0.3, 0.4) is 0 Å². The van der Waals surface area contributed by atoms with Crippen LogP contribution in [0.25, 0.3) is 10.4 Å². The maximum absolute atomic E-state index is 9.62. The Kier molecular flexibility index (Phi) is 9.79. The second-order valence-electron chi connectivity index (χ2n) is 5.00. The third-order valence-electron chi connectivity index (χ3n) is 2.15. The highest BCUT2D eigenvalue weighted by atomic mass is 16.5. The van der Waals surface area contributed by atoms with E-state index in [-0.39, 0.29) is 6.10 Å². The molecule has 0 bridgehead atoms. The average molecular weight is 277 g/mol. The van der Waals surface area contributed by atoms with Crippen LogP contribution in [0.1, 0.15) is 39.7 Å². The molecule has 0 saturated carbocycles. The summed E-state index contributed by atoms with van der Waals surface area (Å²) in [6.07, 6.45) is 1.80. The first kappa shape index (κ1) is 18.0. The second-order valence-corrected chi connectivity index (χ2v) is 5.00. The molecule has 5 heteroatoms. The Bertz CT molecular complexity index is 438.